The van der Waals surface area contributed by atoms with Crippen molar-refractivity contribution >= 4 is 46.6 Å². The molecule has 3 aromatic rings. The lowest BCUT2D eigenvalue weighted by Gasteiger charge is -2.21. The first-order valence-corrected chi connectivity index (χ1v) is 11.3. The summed E-state index contributed by atoms with van der Waals surface area (Å²) in [6.07, 6.45) is 7.72. The summed E-state index contributed by atoms with van der Waals surface area (Å²) in [5.41, 5.74) is 2.07. The van der Waals surface area contributed by atoms with E-state index >= 15 is 0 Å². The Hall–Kier alpha value is -2.24. The lowest BCUT2D eigenvalue weighted by Crippen LogP contribution is -2.26. The molecule has 168 valence electrons. The molecule has 7 heteroatoms. The topological polar surface area (TPSA) is 54.9 Å². The van der Waals surface area contributed by atoms with Crippen LogP contribution in [0.1, 0.15) is 44.1 Å². The van der Waals surface area contributed by atoms with Crippen molar-refractivity contribution in [2.24, 2.45) is 23.7 Å². The van der Waals surface area contributed by atoms with Crippen LogP contribution in [0.15, 0.2) is 48.8 Å². The molecule has 32 heavy (non-hydrogen) atoms. The van der Waals surface area contributed by atoms with Gasteiger partial charge in [-0.05, 0) is 91.3 Å². The molecule has 5 rings (SSSR count). The van der Waals surface area contributed by atoms with E-state index in [0.717, 1.165) is 36.6 Å². The van der Waals surface area contributed by atoms with Gasteiger partial charge >= 0.3 is 0 Å². The van der Waals surface area contributed by atoms with Crippen molar-refractivity contribution in [1.82, 2.24) is 9.97 Å². The molecule has 2 aliphatic carbocycles. The average molecular weight is 474 g/mol. The minimum absolute atomic E-state index is 0. The Morgan fingerprint density at radius 3 is 2.53 bits per heavy atom. The third kappa shape index (κ3) is 4.46. The van der Waals surface area contributed by atoms with E-state index in [2.05, 4.69) is 21.4 Å². The lowest BCUT2D eigenvalue weighted by molar-refractivity contribution is -0.120. The van der Waals surface area contributed by atoms with Gasteiger partial charge in [0.2, 0.25) is 5.91 Å². The van der Waals surface area contributed by atoms with E-state index in [4.69, 9.17) is 11.6 Å². The van der Waals surface area contributed by atoms with Crippen molar-refractivity contribution < 1.29 is 9.18 Å². The van der Waals surface area contributed by atoms with E-state index < -0.39 is 0 Å². The molecule has 2 aromatic heterocycles. The van der Waals surface area contributed by atoms with Gasteiger partial charge in [-0.15, -0.1) is 12.4 Å². The molecule has 0 spiro atoms. The molecule has 2 fully saturated rings. The van der Waals surface area contributed by atoms with Crippen LogP contribution in [-0.4, -0.2) is 15.9 Å². The number of nitrogens with zero attached hydrogens (tertiary/aromatic N) is 2. The number of hydrogen-bond acceptors (Lipinski definition) is 3. The summed E-state index contributed by atoms with van der Waals surface area (Å²) in [5.74, 6) is 2.35. The maximum absolute atomic E-state index is 13.8. The molecule has 4 nitrogen and oxygen atoms in total. The molecule has 1 N–H and O–H groups in total. The van der Waals surface area contributed by atoms with E-state index in [0.29, 0.717) is 34.5 Å². The monoisotopic (exact) mass is 473 g/mol. The fraction of sp³-hybridized carbons (Fsp3) is 0.400. The number of halogens is 3. The van der Waals surface area contributed by atoms with E-state index in [1.807, 2.05) is 13.1 Å². The van der Waals surface area contributed by atoms with Crippen LogP contribution in [0, 0.1) is 29.5 Å². The summed E-state index contributed by atoms with van der Waals surface area (Å²) in [6, 6.07) is 10.4. The van der Waals surface area contributed by atoms with Gasteiger partial charge in [-0.25, -0.2) is 9.37 Å². The van der Waals surface area contributed by atoms with Crippen molar-refractivity contribution in [3.63, 3.8) is 0 Å². The number of carbonyl (C=O) groups is 1. The molecule has 2 aliphatic rings. The molecular weight excluding hydrogens is 448 g/mol. The number of pyridine rings is 2. The van der Waals surface area contributed by atoms with Gasteiger partial charge in [-0.2, -0.15) is 0 Å². The molecule has 0 saturated heterocycles. The van der Waals surface area contributed by atoms with E-state index in [9.17, 15) is 9.18 Å². The maximum Gasteiger partial charge on any atom is 0.228 e. The van der Waals surface area contributed by atoms with Gasteiger partial charge in [0, 0.05) is 23.7 Å². The van der Waals surface area contributed by atoms with Crippen LogP contribution in [0.3, 0.4) is 0 Å². The van der Waals surface area contributed by atoms with Gasteiger partial charge in [-0.3, -0.25) is 9.78 Å². The fourth-order valence-electron chi connectivity index (χ4n) is 5.73. The summed E-state index contributed by atoms with van der Waals surface area (Å²) in [6.45, 7) is 2.02. The Bertz CT molecular complexity index is 1110. The number of carbonyl (C=O) groups excluding carboxylic acids is 1. The first-order chi connectivity index (χ1) is 15.0. The number of nitrogens with one attached hydrogen (secondary N) is 1. The first-order valence-electron chi connectivity index (χ1n) is 10.9. The summed E-state index contributed by atoms with van der Waals surface area (Å²) < 4.78 is 13.8. The van der Waals surface area contributed by atoms with Crippen LogP contribution in [0.25, 0.3) is 10.9 Å². The smallest absolute Gasteiger partial charge is 0.228 e. The zero-order valence-electron chi connectivity index (χ0n) is 17.8. The molecule has 3 unspecified atom stereocenters. The summed E-state index contributed by atoms with van der Waals surface area (Å²) >= 11 is 5.87. The third-order valence-electron chi connectivity index (χ3n) is 7.33. The Labute approximate surface area is 198 Å². The number of hydrogen-bond donors (Lipinski definition) is 1. The normalized spacial score (nSPS) is 25.2. The third-order valence-corrected chi connectivity index (χ3v) is 7.55. The Kier molecular flexibility index (Phi) is 6.68. The van der Waals surface area contributed by atoms with Crippen molar-refractivity contribution in [3.05, 3.63) is 65.2 Å². The number of amides is 1. The number of rotatable bonds is 4. The summed E-state index contributed by atoms with van der Waals surface area (Å²) in [5, 5.41) is 4.41. The molecular formula is C25H26Cl2FN3O. The molecule has 0 aliphatic heterocycles. The number of fused-ring (bicyclic) bond motifs is 2. The maximum atomic E-state index is 13.8. The number of anilines is 1. The van der Waals surface area contributed by atoms with Gasteiger partial charge in [-0.1, -0.05) is 18.5 Å². The highest BCUT2D eigenvalue weighted by Crippen LogP contribution is 2.54. The van der Waals surface area contributed by atoms with Gasteiger partial charge in [0.15, 0.2) is 0 Å². The van der Waals surface area contributed by atoms with Crippen LogP contribution in [0.5, 0.6) is 0 Å². The minimum Gasteiger partial charge on any atom is -0.310 e. The molecule has 1 aromatic carbocycles. The van der Waals surface area contributed by atoms with Crippen LogP contribution >= 0.6 is 24.0 Å². The molecule has 0 bridgehead atoms. The Morgan fingerprint density at radius 1 is 1.09 bits per heavy atom. The van der Waals surface area contributed by atoms with Gasteiger partial charge < -0.3 is 5.32 Å². The Balaban J connectivity index is 0.00000245. The zero-order chi connectivity index (χ0) is 21.5. The SMILES string of the molecule is CC(C(=O)Nc1ccc(Cl)cn1)C1C[C@H]2CC(c3ccnc4ccc(F)cc34)C[C@H]2C1.Cl. The predicted octanol–water partition coefficient (Wildman–Crippen LogP) is 6.64. The molecule has 1 amide bonds. The van der Waals surface area contributed by atoms with Gasteiger partial charge in [0.05, 0.1) is 10.5 Å². The first kappa shape index (κ1) is 22.9. The highest BCUT2D eigenvalue weighted by Gasteiger charge is 2.44. The zero-order valence-corrected chi connectivity index (χ0v) is 19.4. The predicted molar refractivity (Wildman–Crippen MR) is 128 cm³/mol. The summed E-state index contributed by atoms with van der Waals surface area (Å²) in [7, 11) is 0. The highest BCUT2D eigenvalue weighted by atomic mass is 35.5. The van der Waals surface area contributed by atoms with Crippen molar-refractivity contribution in [1.29, 1.82) is 0 Å². The van der Waals surface area contributed by atoms with E-state index in [1.54, 1.807) is 24.3 Å². The second-order valence-corrected chi connectivity index (χ2v) is 9.56. The van der Waals surface area contributed by atoms with Crippen LogP contribution in [-0.2, 0) is 4.79 Å². The van der Waals surface area contributed by atoms with Crippen LogP contribution in [0.4, 0.5) is 10.2 Å². The standard InChI is InChI=1S/C25H25ClFN3O.ClH/c1-14(25(31)30-24-5-2-19(26)13-29-24)15-8-16-10-18(11-17(16)9-15)21-6-7-28-23-4-3-20(27)12-22(21)23;/h2-7,12-18H,8-11H2,1H3,(H,29,30,31);1H/t14?,15?,16-,17+,18?;. The van der Waals surface area contributed by atoms with E-state index in [-0.39, 0.29) is 30.0 Å². The number of aromatic nitrogens is 2. The Morgan fingerprint density at radius 2 is 1.84 bits per heavy atom. The van der Waals surface area contributed by atoms with Crippen LogP contribution < -0.4 is 5.32 Å². The second-order valence-electron chi connectivity index (χ2n) is 9.12. The molecule has 0 radical (unpaired) electrons. The highest BCUT2D eigenvalue weighted by molar-refractivity contribution is 6.30. The summed E-state index contributed by atoms with van der Waals surface area (Å²) in [4.78, 5) is 21.3. The van der Waals surface area contributed by atoms with Gasteiger partial charge in [0.1, 0.15) is 11.6 Å². The number of benzene rings is 1. The van der Waals surface area contributed by atoms with Crippen LogP contribution in [0.2, 0.25) is 5.02 Å². The molecule has 5 atom stereocenters. The van der Waals surface area contributed by atoms with Crippen molar-refractivity contribution in [2.45, 2.75) is 38.5 Å². The van der Waals surface area contributed by atoms with E-state index in [1.165, 1.54) is 17.8 Å². The largest absolute Gasteiger partial charge is 0.310 e. The minimum atomic E-state index is -0.213. The quantitative estimate of drug-likeness (QED) is 0.461. The second kappa shape index (κ2) is 9.32. The van der Waals surface area contributed by atoms with Gasteiger partial charge in [0.25, 0.3) is 0 Å². The molecule has 2 saturated carbocycles. The van der Waals surface area contributed by atoms with Crippen molar-refractivity contribution in [3.8, 4) is 0 Å². The van der Waals surface area contributed by atoms with Crippen molar-refractivity contribution in [2.75, 3.05) is 5.32 Å². The average Bonchev–Trinajstić information content (AvgIpc) is 3.33. The lowest BCUT2D eigenvalue weighted by atomic mass is 9.86. The molecule has 2 heterocycles. The fourth-order valence-corrected chi connectivity index (χ4v) is 5.84.